The van der Waals surface area contributed by atoms with Crippen LogP contribution in [0.25, 0.3) is 0 Å². The summed E-state index contributed by atoms with van der Waals surface area (Å²) in [7, 11) is 1.62. The summed E-state index contributed by atoms with van der Waals surface area (Å²) >= 11 is 0. The number of carboxylic acids is 1. The maximum absolute atomic E-state index is 11.2. The number of carboxylic acid groups (broad SMARTS) is 1. The summed E-state index contributed by atoms with van der Waals surface area (Å²) in [6, 6.07) is 9.21. The van der Waals surface area contributed by atoms with E-state index in [2.05, 4.69) is 0 Å². The van der Waals surface area contributed by atoms with Gasteiger partial charge in [0.1, 0.15) is 0 Å². The molecule has 1 atom stereocenters. The fourth-order valence-corrected chi connectivity index (χ4v) is 1.78. The molecule has 0 aromatic heterocycles. The predicted molar refractivity (Wildman–Crippen MR) is 74.9 cm³/mol. The van der Waals surface area contributed by atoms with Gasteiger partial charge in [-0.05, 0) is 12.0 Å². The largest absolute Gasteiger partial charge is 0.481 e. The van der Waals surface area contributed by atoms with Crippen molar-refractivity contribution in [1.29, 1.82) is 0 Å². The van der Waals surface area contributed by atoms with Crippen molar-refractivity contribution in [3.8, 4) is 0 Å². The second kappa shape index (κ2) is 10.4. The van der Waals surface area contributed by atoms with Crippen molar-refractivity contribution in [2.24, 2.45) is 0 Å². The van der Waals surface area contributed by atoms with Crippen LogP contribution in [0.2, 0.25) is 0 Å². The Morgan fingerprint density at radius 2 is 1.65 bits per heavy atom. The van der Waals surface area contributed by atoms with Gasteiger partial charge in [-0.25, -0.2) is 0 Å². The molecule has 0 saturated heterocycles. The highest BCUT2D eigenvalue weighted by Crippen LogP contribution is 2.19. The van der Waals surface area contributed by atoms with E-state index in [0.717, 1.165) is 5.56 Å². The normalized spacial score (nSPS) is 12.2. The van der Waals surface area contributed by atoms with E-state index < -0.39 is 11.9 Å². The highest BCUT2D eigenvalue weighted by atomic mass is 16.5. The molecule has 112 valence electrons. The summed E-state index contributed by atoms with van der Waals surface area (Å²) in [5.41, 5.74) is 0.806. The lowest BCUT2D eigenvalue weighted by Gasteiger charge is -2.13. The first-order valence-electron chi connectivity index (χ1n) is 6.68. The standard InChI is InChI=1S/C15H22O5/c1-18-9-10-20-12-11-19-8-7-14(15(16)17)13-5-3-2-4-6-13/h2-6,14H,7-12H2,1H3,(H,16,17). The minimum absolute atomic E-state index is 0.402. The average molecular weight is 282 g/mol. The van der Waals surface area contributed by atoms with Crippen LogP contribution in [-0.4, -0.2) is 51.2 Å². The van der Waals surface area contributed by atoms with E-state index >= 15 is 0 Å². The minimum Gasteiger partial charge on any atom is -0.481 e. The Morgan fingerprint density at radius 1 is 1.05 bits per heavy atom. The summed E-state index contributed by atoms with van der Waals surface area (Å²) < 4.78 is 15.5. The van der Waals surface area contributed by atoms with Gasteiger partial charge < -0.3 is 19.3 Å². The highest BCUT2D eigenvalue weighted by Gasteiger charge is 2.18. The SMILES string of the molecule is COCCOCCOCCC(C(=O)O)c1ccccc1. The van der Waals surface area contributed by atoms with Gasteiger partial charge in [0.15, 0.2) is 0 Å². The molecule has 1 N–H and O–H groups in total. The van der Waals surface area contributed by atoms with Crippen LogP contribution >= 0.6 is 0 Å². The van der Waals surface area contributed by atoms with Crippen LogP contribution in [0.15, 0.2) is 30.3 Å². The molecule has 1 aromatic rings. The Morgan fingerprint density at radius 3 is 2.25 bits per heavy atom. The van der Waals surface area contributed by atoms with Gasteiger partial charge >= 0.3 is 5.97 Å². The maximum Gasteiger partial charge on any atom is 0.311 e. The number of aliphatic carboxylic acids is 1. The quantitative estimate of drug-likeness (QED) is 0.628. The molecular formula is C15H22O5. The number of ether oxygens (including phenoxy) is 3. The summed E-state index contributed by atoms with van der Waals surface area (Å²) in [4.78, 5) is 11.2. The summed E-state index contributed by atoms with van der Waals surface area (Å²) in [5, 5.41) is 9.23. The zero-order chi connectivity index (χ0) is 14.6. The molecule has 0 fully saturated rings. The third kappa shape index (κ3) is 6.65. The topological polar surface area (TPSA) is 65.0 Å². The first kappa shape index (κ1) is 16.6. The summed E-state index contributed by atoms with van der Waals surface area (Å²) in [6.07, 6.45) is 0.456. The molecule has 0 bridgehead atoms. The molecule has 1 aromatic carbocycles. The van der Waals surface area contributed by atoms with E-state index in [1.807, 2.05) is 30.3 Å². The van der Waals surface area contributed by atoms with E-state index in [4.69, 9.17) is 14.2 Å². The van der Waals surface area contributed by atoms with Gasteiger partial charge in [0.25, 0.3) is 0 Å². The Balaban J connectivity index is 2.19. The van der Waals surface area contributed by atoms with Gasteiger partial charge in [-0.2, -0.15) is 0 Å². The molecule has 20 heavy (non-hydrogen) atoms. The van der Waals surface area contributed by atoms with Crippen molar-refractivity contribution < 1.29 is 24.1 Å². The molecule has 0 saturated carbocycles. The van der Waals surface area contributed by atoms with Gasteiger partial charge in [-0.1, -0.05) is 30.3 Å². The molecule has 0 radical (unpaired) electrons. The Hall–Kier alpha value is -1.43. The molecule has 1 unspecified atom stereocenters. The van der Waals surface area contributed by atoms with Crippen LogP contribution in [0.5, 0.6) is 0 Å². The zero-order valence-corrected chi connectivity index (χ0v) is 11.8. The third-order valence-electron chi connectivity index (χ3n) is 2.85. The van der Waals surface area contributed by atoms with Gasteiger partial charge in [-0.3, -0.25) is 4.79 Å². The summed E-state index contributed by atoms with van der Waals surface area (Å²) in [5.74, 6) is -1.35. The maximum atomic E-state index is 11.2. The molecule has 0 amide bonds. The first-order valence-corrected chi connectivity index (χ1v) is 6.68. The van der Waals surface area contributed by atoms with Crippen molar-refractivity contribution in [3.05, 3.63) is 35.9 Å². The van der Waals surface area contributed by atoms with Gasteiger partial charge in [-0.15, -0.1) is 0 Å². The highest BCUT2D eigenvalue weighted by molar-refractivity contribution is 5.75. The lowest BCUT2D eigenvalue weighted by Crippen LogP contribution is -2.15. The summed E-state index contributed by atoms with van der Waals surface area (Å²) in [6.45, 7) is 2.47. The second-order valence-electron chi connectivity index (χ2n) is 4.31. The average Bonchev–Trinajstić information content (AvgIpc) is 2.46. The minimum atomic E-state index is -0.823. The first-order chi connectivity index (χ1) is 9.75. The van der Waals surface area contributed by atoms with Crippen molar-refractivity contribution in [2.75, 3.05) is 40.1 Å². The smallest absolute Gasteiger partial charge is 0.311 e. The van der Waals surface area contributed by atoms with E-state index in [9.17, 15) is 9.90 Å². The Labute approximate surface area is 119 Å². The van der Waals surface area contributed by atoms with E-state index in [-0.39, 0.29) is 0 Å². The van der Waals surface area contributed by atoms with Crippen LogP contribution in [-0.2, 0) is 19.0 Å². The Kier molecular flexibility index (Phi) is 8.62. The molecule has 5 heteroatoms. The van der Waals surface area contributed by atoms with Crippen LogP contribution < -0.4 is 0 Å². The molecule has 0 heterocycles. The Bertz CT molecular complexity index is 366. The predicted octanol–water partition coefficient (Wildman–Crippen LogP) is 1.92. The molecule has 0 aliphatic carbocycles. The van der Waals surface area contributed by atoms with Gasteiger partial charge in [0.05, 0.1) is 32.3 Å². The second-order valence-corrected chi connectivity index (χ2v) is 4.31. The molecule has 0 aliphatic heterocycles. The molecule has 0 spiro atoms. The fraction of sp³-hybridized carbons (Fsp3) is 0.533. The van der Waals surface area contributed by atoms with Gasteiger partial charge in [0.2, 0.25) is 0 Å². The van der Waals surface area contributed by atoms with Crippen LogP contribution in [0.4, 0.5) is 0 Å². The van der Waals surface area contributed by atoms with Crippen molar-refractivity contribution in [3.63, 3.8) is 0 Å². The monoisotopic (exact) mass is 282 g/mol. The number of benzene rings is 1. The molecule has 5 nitrogen and oxygen atoms in total. The zero-order valence-electron chi connectivity index (χ0n) is 11.8. The van der Waals surface area contributed by atoms with Gasteiger partial charge in [0, 0.05) is 13.7 Å². The third-order valence-corrected chi connectivity index (χ3v) is 2.85. The number of rotatable bonds is 11. The lowest BCUT2D eigenvalue weighted by atomic mass is 9.96. The molecule has 1 rings (SSSR count). The fourth-order valence-electron chi connectivity index (χ4n) is 1.78. The van der Waals surface area contributed by atoms with E-state index in [1.165, 1.54) is 0 Å². The van der Waals surface area contributed by atoms with Crippen LogP contribution in [0.1, 0.15) is 17.9 Å². The van der Waals surface area contributed by atoms with E-state index in [1.54, 1.807) is 7.11 Å². The van der Waals surface area contributed by atoms with Crippen LogP contribution in [0, 0.1) is 0 Å². The van der Waals surface area contributed by atoms with Crippen LogP contribution in [0.3, 0.4) is 0 Å². The molecular weight excluding hydrogens is 260 g/mol. The molecule has 0 aliphatic rings. The van der Waals surface area contributed by atoms with Crippen molar-refractivity contribution in [2.45, 2.75) is 12.3 Å². The van der Waals surface area contributed by atoms with E-state index in [0.29, 0.717) is 39.5 Å². The number of hydrogen-bond acceptors (Lipinski definition) is 4. The lowest BCUT2D eigenvalue weighted by molar-refractivity contribution is -0.139. The van der Waals surface area contributed by atoms with Crippen molar-refractivity contribution in [1.82, 2.24) is 0 Å². The number of carbonyl (C=O) groups is 1. The number of methoxy groups -OCH3 is 1. The van der Waals surface area contributed by atoms with Crippen molar-refractivity contribution >= 4 is 5.97 Å². The number of hydrogen-bond donors (Lipinski definition) is 1.